The number of rotatable bonds is 2. The van der Waals surface area contributed by atoms with Gasteiger partial charge in [-0.2, -0.15) is 0 Å². The fraction of sp³-hybridized carbons (Fsp3) is 0.529. The Morgan fingerprint density at radius 3 is 2.62 bits per heavy atom. The summed E-state index contributed by atoms with van der Waals surface area (Å²) < 4.78 is 5.39. The van der Waals surface area contributed by atoms with Crippen molar-refractivity contribution in [1.29, 1.82) is 0 Å². The van der Waals surface area contributed by atoms with E-state index in [1.54, 1.807) is 0 Å². The van der Waals surface area contributed by atoms with Gasteiger partial charge in [0.05, 0.1) is 11.8 Å². The van der Waals surface area contributed by atoms with E-state index in [0.717, 1.165) is 29.7 Å². The quantitative estimate of drug-likeness (QED) is 0.849. The van der Waals surface area contributed by atoms with Crippen LogP contribution in [0, 0.1) is 37.5 Å². The van der Waals surface area contributed by atoms with Gasteiger partial charge >= 0.3 is 5.97 Å². The average Bonchev–Trinajstić information content (AvgIpc) is 2.97. The van der Waals surface area contributed by atoms with Crippen molar-refractivity contribution < 1.29 is 14.3 Å². The normalized spacial score (nSPS) is 35.9. The molecule has 5 atom stereocenters. The molecule has 110 valence electrons. The van der Waals surface area contributed by atoms with E-state index >= 15 is 0 Å². The molecule has 0 unspecified atom stereocenters. The topological polar surface area (TPSA) is 55.4 Å². The van der Waals surface area contributed by atoms with Crippen molar-refractivity contribution in [2.24, 2.45) is 23.7 Å². The molecule has 1 aliphatic heterocycles. The number of amides is 1. The molecule has 1 aromatic carbocycles. The molecule has 1 saturated heterocycles. The SMILES string of the molecule is Cc1cc(C)cc(NC(=O)[C@H]2[C@@H]3C[C@@H]4[C@@H]2C(=O)O[C@@H]4C3)c1. The van der Waals surface area contributed by atoms with Crippen LogP contribution in [-0.2, 0) is 14.3 Å². The average molecular weight is 285 g/mol. The van der Waals surface area contributed by atoms with Crippen LogP contribution < -0.4 is 5.32 Å². The lowest BCUT2D eigenvalue weighted by atomic mass is 9.79. The zero-order valence-electron chi connectivity index (χ0n) is 12.3. The Labute approximate surface area is 123 Å². The summed E-state index contributed by atoms with van der Waals surface area (Å²) in [5.41, 5.74) is 3.07. The van der Waals surface area contributed by atoms with Gasteiger partial charge in [0.15, 0.2) is 0 Å². The van der Waals surface area contributed by atoms with Gasteiger partial charge in [0.1, 0.15) is 6.10 Å². The van der Waals surface area contributed by atoms with Crippen molar-refractivity contribution >= 4 is 17.6 Å². The summed E-state index contributed by atoms with van der Waals surface area (Å²) in [5.74, 6) is -0.0121. The van der Waals surface area contributed by atoms with Crippen molar-refractivity contribution in [1.82, 2.24) is 0 Å². The van der Waals surface area contributed by atoms with Crippen LogP contribution in [0.2, 0.25) is 0 Å². The smallest absolute Gasteiger partial charge is 0.310 e. The summed E-state index contributed by atoms with van der Waals surface area (Å²) in [5, 5.41) is 3.01. The van der Waals surface area contributed by atoms with Gasteiger partial charge in [-0.15, -0.1) is 0 Å². The van der Waals surface area contributed by atoms with Gasteiger partial charge in [0, 0.05) is 11.6 Å². The van der Waals surface area contributed by atoms with Crippen LogP contribution in [0.1, 0.15) is 24.0 Å². The second kappa shape index (κ2) is 4.33. The van der Waals surface area contributed by atoms with Crippen LogP contribution in [0.5, 0.6) is 0 Å². The second-order valence-corrected chi connectivity index (χ2v) is 6.79. The molecule has 0 spiro atoms. The summed E-state index contributed by atoms with van der Waals surface area (Å²) >= 11 is 0. The van der Waals surface area contributed by atoms with E-state index in [0.29, 0.717) is 5.92 Å². The summed E-state index contributed by atoms with van der Waals surface area (Å²) in [7, 11) is 0. The van der Waals surface area contributed by atoms with Gasteiger partial charge in [-0.05, 0) is 55.9 Å². The van der Waals surface area contributed by atoms with Gasteiger partial charge in [0.2, 0.25) is 5.91 Å². The van der Waals surface area contributed by atoms with Gasteiger partial charge in [-0.3, -0.25) is 9.59 Å². The van der Waals surface area contributed by atoms with E-state index in [2.05, 4.69) is 11.4 Å². The molecule has 1 heterocycles. The van der Waals surface area contributed by atoms with Gasteiger partial charge in [0.25, 0.3) is 0 Å². The Balaban J connectivity index is 1.57. The van der Waals surface area contributed by atoms with Crippen LogP contribution in [0.25, 0.3) is 0 Å². The minimum Gasteiger partial charge on any atom is -0.462 e. The lowest BCUT2D eigenvalue weighted by molar-refractivity contribution is -0.145. The number of benzene rings is 1. The first-order valence-corrected chi connectivity index (χ1v) is 7.62. The number of fused-ring (bicyclic) bond motifs is 1. The number of hydrogen-bond donors (Lipinski definition) is 1. The molecule has 2 bridgehead atoms. The number of carbonyl (C=O) groups excluding carboxylic acids is 2. The number of carbonyl (C=O) groups is 2. The van der Waals surface area contributed by atoms with Crippen LogP contribution in [-0.4, -0.2) is 18.0 Å². The zero-order valence-corrected chi connectivity index (χ0v) is 12.3. The molecule has 0 aromatic heterocycles. The van der Waals surface area contributed by atoms with E-state index in [-0.39, 0.29) is 35.7 Å². The highest BCUT2D eigenvalue weighted by Gasteiger charge is 2.63. The molecule has 2 saturated carbocycles. The molecular formula is C17H19NO3. The maximum Gasteiger partial charge on any atom is 0.310 e. The van der Waals surface area contributed by atoms with Crippen molar-refractivity contribution in [3.8, 4) is 0 Å². The number of nitrogens with one attached hydrogen (secondary N) is 1. The first-order valence-electron chi connectivity index (χ1n) is 7.62. The zero-order chi connectivity index (χ0) is 14.7. The highest BCUT2D eigenvalue weighted by molar-refractivity contribution is 5.97. The summed E-state index contributed by atoms with van der Waals surface area (Å²) in [6.45, 7) is 4.03. The third-order valence-corrected chi connectivity index (χ3v) is 5.28. The Kier molecular flexibility index (Phi) is 2.65. The molecule has 0 radical (unpaired) electrons. The molecule has 21 heavy (non-hydrogen) atoms. The van der Waals surface area contributed by atoms with Gasteiger partial charge < -0.3 is 10.1 Å². The minimum atomic E-state index is -0.209. The molecule has 1 N–H and O–H groups in total. The van der Waals surface area contributed by atoms with Crippen LogP contribution in [0.4, 0.5) is 5.69 Å². The number of aryl methyl sites for hydroxylation is 2. The molecule has 4 heteroatoms. The highest BCUT2D eigenvalue weighted by atomic mass is 16.6. The van der Waals surface area contributed by atoms with Gasteiger partial charge in [-0.25, -0.2) is 0 Å². The molecule has 1 amide bonds. The predicted molar refractivity (Wildman–Crippen MR) is 77.6 cm³/mol. The first kappa shape index (κ1) is 12.9. The molecule has 4 nitrogen and oxygen atoms in total. The van der Waals surface area contributed by atoms with E-state index in [1.807, 2.05) is 26.0 Å². The number of esters is 1. The Bertz CT molecular complexity index is 617. The maximum atomic E-state index is 12.6. The fourth-order valence-electron chi connectivity index (χ4n) is 4.64. The second-order valence-electron chi connectivity index (χ2n) is 6.79. The van der Waals surface area contributed by atoms with Crippen molar-refractivity contribution in [2.75, 3.05) is 5.32 Å². The number of ether oxygens (including phenoxy) is 1. The van der Waals surface area contributed by atoms with Crippen molar-refractivity contribution in [3.05, 3.63) is 29.3 Å². The molecular weight excluding hydrogens is 266 g/mol. The first-order chi connectivity index (χ1) is 10.0. The number of hydrogen-bond acceptors (Lipinski definition) is 3. The van der Waals surface area contributed by atoms with E-state index < -0.39 is 0 Å². The highest BCUT2D eigenvalue weighted by Crippen LogP contribution is 2.57. The Hall–Kier alpha value is -1.84. The van der Waals surface area contributed by atoms with E-state index in [4.69, 9.17) is 4.74 Å². The lowest BCUT2D eigenvalue weighted by Gasteiger charge is -2.23. The molecule has 1 aromatic rings. The fourth-order valence-corrected chi connectivity index (χ4v) is 4.64. The van der Waals surface area contributed by atoms with E-state index in [1.165, 1.54) is 0 Å². The standard InChI is InChI=1S/C17H19NO3/c1-8-3-9(2)5-11(4-8)18-16(19)14-10-6-12-13(7-10)21-17(20)15(12)14/h3-5,10,12-15H,6-7H2,1-2H3,(H,18,19)/t10-,12+,13-,14+,15+/m1/s1. The Morgan fingerprint density at radius 1 is 1.19 bits per heavy atom. The van der Waals surface area contributed by atoms with Crippen molar-refractivity contribution in [2.45, 2.75) is 32.8 Å². The molecule has 2 aliphatic carbocycles. The molecule has 4 rings (SSSR count). The van der Waals surface area contributed by atoms with Crippen molar-refractivity contribution in [3.63, 3.8) is 0 Å². The van der Waals surface area contributed by atoms with Gasteiger partial charge in [-0.1, -0.05) is 6.07 Å². The molecule has 3 aliphatic rings. The lowest BCUT2D eigenvalue weighted by Crippen LogP contribution is -2.35. The summed E-state index contributed by atoms with van der Waals surface area (Å²) in [4.78, 5) is 24.6. The summed E-state index contributed by atoms with van der Waals surface area (Å²) in [6.07, 6.45) is 1.90. The minimum absolute atomic E-state index is 0.0187. The number of anilines is 1. The third-order valence-electron chi connectivity index (χ3n) is 5.28. The largest absolute Gasteiger partial charge is 0.462 e. The third kappa shape index (κ3) is 1.88. The van der Waals surface area contributed by atoms with Crippen LogP contribution in [0.3, 0.4) is 0 Å². The predicted octanol–water partition coefficient (Wildman–Crippen LogP) is 2.44. The summed E-state index contributed by atoms with van der Waals surface area (Å²) in [6, 6.07) is 6.01. The monoisotopic (exact) mass is 285 g/mol. The molecule has 3 fully saturated rings. The Morgan fingerprint density at radius 2 is 1.90 bits per heavy atom. The van der Waals surface area contributed by atoms with Crippen LogP contribution >= 0.6 is 0 Å². The van der Waals surface area contributed by atoms with Crippen LogP contribution in [0.15, 0.2) is 18.2 Å². The van der Waals surface area contributed by atoms with E-state index in [9.17, 15) is 9.59 Å². The maximum absolute atomic E-state index is 12.6.